The van der Waals surface area contributed by atoms with Crippen LogP contribution in [0, 0.1) is 0 Å². The predicted octanol–water partition coefficient (Wildman–Crippen LogP) is 1.48. The van der Waals surface area contributed by atoms with E-state index in [9.17, 15) is 8.42 Å². The summed E-state index contributed by atoms with van der Waals surface area (Å²) in [6.07, 6.45) is 1.97. The maximum atomic E-state index is 11.4. The maximum Gasteiger partial charge on any atom is 0.238 e. The lowest BCUT2D eigenvalue weighted by atomic mass is 10.4. The minimum absolute atomic E-state index is 0.291. The Morgan fingerprint density at radius 2 is 1.73 bits per heavy atom. The Balaban J connectivity index is 3.29. The molecule has 0 spiro atoms. The maximum absolute atomic E-state index is 11.4. The Morgan fingerprint density at radius 3 is 2.20 bits per heavy atom. The van der Waals surface area contributed by atoms with Gasteiger partial charge in [-0.15, -0.1) is 0 Å². The summed E-state index contributed by atoms with van der Waals surface area (Å²) in [5.41, 5.74) is 0. The van der Waals surface area contributed by atoms with Crippen LogP contribution in [0.4, 0.5) is 0 Å². The van der Waals surface area contributed by atoms with E-state index in [4.69, 9.17) is 5.14 Å². The fourth-order valence-electron chi connectivity index (χ4n) is 1.52. The highest BCUT2D eigenvalue weighted by Crippen LogP contribution is 2.35. The van der Waals surface area contributed by atoms with Gasteiger partial charge in [0.05, 0.1) is 4.90 Å². The van der Waals surface area contributed by atoms with Gasteiger partial charge in [-0.05, 0) is 23.7 Å². The van der Waals surface area contributed by atoms with Gasteiger partial charge in [-0.3, -0.25) is 0 Å². The molecule has 0 bridgehead atoms. The van der Waals surface area contributed by atoms with Crippen molar-refractivity contribution in [3.8, 4) is 0 Å². The molecule has 1 aromatic carbocycles. The fraction of sp³-hybridized carbons (Fsp3) is 0.400. The van der Waals surface area contributed by atoms with Gasteiger partial charge in [0.1, 0.15) is 0 Å². The summed E-state index contributed by atoms with van der Waals surface area (Å²) in [5, 5.41) is 6.09. The highest BCUT2D eigenvalue weighted by atomic mass is 32.2. The molecule has 0 heterocycles. The van der Waals surface area contributed by atoms with Gasteiger partial charge < -0.3 is 0 Å². The van der Waals surface area contributed by atoms with Gasteiger partial charge in [0, 0.05) is 0 Å². The largest absolute Gasteiger partial charge is 0.238 e. The van der Waals surface area contributed by atoms with Gasteiger partial charge in [0.15, 0.2) is 0 Å². The van der Waals surface area contributed by atoms with Crippen molar-refractivity contribution in [3.63, 3.8) is 0 Å². The van der Waals surface area contributed by atoms with E-state index in [1.807, 2.05) is 12.1 Å². The van der Waals surface area contributed by atoms with Crippen molar-refractivity contribution in [1.29, 1.82) is 0 Å². The van der Waals surface area contributed by atoms with E-state index in [-0.39, 0.29) is 0 Å². The van der Waals surface area contributed by atoms with Gasteiger partial charge in [-0.25, -0.2) is 13.6 Å². The Kier molecular flexibility index (Phi) is 4.26. The van der Waals surface area contributed by atoms with E-state index < -0.39 is 17.9 Å². The molecule has 0 amide bonds. The highest BCUT2D eigenvalue weighted by Gasteiger charge is 2.17. The zero-order chi connectivity index (χ0) is 11.5. The molecule has 0 fully saturated rings. The number of hydrogen-bond acceptors (Lipinski definition) is 2. The average Bonchev–Trinajstić information content (AvgIpc) is 2.19. The van der Waals surface area contributed by atoms with E-state index in [1.54, 1.807) is 12.1 Å². The first-order valence-corrected chi connectivity index (χ1v) is 8.13. The topological polar surface area (TPSA) is 60.2 Å². The van der Waals surface area contributed by atoms with Gasteiger partial charge in [0.2, 0.25) is 10.0 Å². The number of sulfonamides is 1. The minimum atomic E-state index is -3.58. The Bertz CT molecular complexity index is 427. The summed E-state index contributed by atoms with van der Waals surface area (Å²) < 4.78 is 22.8. The van der Waals surface area contributed by atoms with Crippen LogP contribution in [-0.4, -0.2) is 20.7 Å². The fourth-order valence-corrected chi connectivity index (χ4v) is 4.73. The van der Waals surface area contributed by atoms with Gasteiger partial charge >= 0.3 is 0 Å². The van der Waals surface area contributed by atoms with Crippen LogP contribution in [0.2, 0.25) is 0 Å². The minimum Gasteiger partial charge on any atom is -0.225 e. The van der Waals surface area contributed by atoms with Crippen molar-refractivity contribution in [2.45, 2.75) is 18.7 Å². The summed E-state index contributed by atoms with van der Waals surface area (Å²) in [6.45, 7) is 4.16. The lowest BCUT2D eigenvalue weighted by Crippen LogP contribution is -2.21. The third-order valence-electron chi connectivity index (χ3n) is 2.28. The van der Waals surface area contributed by atoms with Crippen LogP contribution in [0.1, 0.15) is 13.8 Å². The second-order valence-electron chi connectivity index (χ2n) is 3.19. The monoisotopic (exact) mass is 245 g/mol. The second kappa shape index (κ2) is 5.06. The summed E-state index contributed by atoms with van der Waals surface area (Å²) in [5.74, 6) is 0. The standard InChI is InChI=1S/C10H16NO2PS/c1-3-14(4-2)9-7-5-6-8-10(9)15(11,12)13/h5-8H,3-4H2,1-2H3,(H2,11,12,13). The van der Waals surface area contributed by atoms with Gasteiger partial charge in [0.25, 0.3) is 0 Å². The number of nitrogens with two attached hydrogens (primary N) is 1. The summed E-state index contributed by atoms with van der Waals surface area (Å²) in [4.78, 5) is 0.291. The first kappa shape index (κ1) is 12.6. The molecule has 84 valence electrons. The summed E-state index contributed by atoms with van der Waals surface area (Å²) in [6, 6.07) is 7.04. The number of benzene rings is 1. The normalized spacial score (nSPS) is 12.0. The predicted molar refractivity (Wildman–Crippen MR) is 65.5 cm³/mol. The van der Waals surface area contributed by atoms with Crippen molar-refractivity contribution in [2.75, 3.05) is 12.3 Å². The molecule has 0 aliphatic carbocycles. The van der Waals surface area contributed by atoms with E-state index in [1.165, 1.54) is 0 Å². The second-order valence-corrected chi connectivity index (χ2v) is 7.54. The van der Waals surface area contributed by atoms with E-state index in [2.05, 4.69) is 13.8 Å². The molecule has 0 saturated carbocycles. The van der Waals surface area contributed by atoms with Crippen LogP contribution in [0.25, 0.3) is 0 Å². The van der Waals surface area contributed by atoms with Crippen LogP contribution in [-0.2, 0) is 10.0 Å². The van der Waals surface area contributed by atoms with Crippen LogP contribution in [0.3, 0.4) is 0 Å². The molecule has 0 aliphatic rings. The molecule has 0 atom stereocenters. The molecule has 15 heavy (non-hydrogen) atoms. The van der Waals surface area contributed by atoms with E-state index in [0.717, 1.165) is 17.6 Å². The van der Waals surface area contributed by atoms with Crippen LogP contribution in [0.5, 0.6) is 0 Å². The molecular formula is C10H16NO2PS. The Labute approximate surface area is 92.5 Å². The molecule has 0 aliphatic heterocycles. The quantitative estimate of drug-likeness (QED) is 0.817. The van der Waals surface area contributed by atoms with Crippen molar-refractivity contribution in [3.05, 3.63) is 24.3 Å². The molecule has 0 aromatic heterocycles. The molecule has 3 nitrogen and oxygen atoms in total. The summed E-state index contributed by atoms with van der Waals surface area (Å²) in [7, 11) is -3.98. The van der Waals surface area contributed by atoms with Crippen LogP contribution < -0.4 is 10.4 Å². The number of primary sulfonamides is 1. The van der Waals surface area contributed by atoms with Crippen LogP contribution in [0.15, 0.2) is 29.2 Å². The highest BCUT2D eigenvalue weighted by molar-refractivity contribution is 7.90. The summed E-state index contributed by atoms with van der Waals surface area (Å²) >= 11 is 0. The van der Waals surface area contributed by atoms with Crippen molar-refractivity contribution in [1.82, 2.24) is 0 Å². The van der Waals surface area contributed by atoms with Crippen molar-refractivity contribution >= 4 is 23.2 Å². The zero-order valence-corrected chi connectivity index (χ0v) is 10.7. The lowest BCUT2D eigenvalue weighted by Gasteiger charge is -2.16. The van der Waals surface area contributed by atoms with Gasteiger partial charge in [-0.2, -0.15) is 0 Å². The van der Waals surface area contributed by atoms with E-state index in [0.29, 0.717) is 4.90 Å². The third-order valence-corrected chi connectivity index (χ3v) is 5.99. The molecule has 0 unspecified atom stereocenters. The van der Waals surface area contributed by atoms with Crippen molar-refractivity contribution < 1.29 is 8.42 Å². The molecule has 0 radical (unpaired) electrons. The van der Waals surface area contributed by atoms with E-state index >= 15 is 0 Å². The van der Waals surface area contributed by atoms with Crippen molar-refractivity contribution in [2.24, 2.45) is 5.14 Å². The molecule has 2 N–H and O–H groups in total. The Morgan fingerprint density at radius 1 is 1.20 bits per heavy atom. The van der Waals surface area contributed by atoms with Gasteiger partial charge in [-0.1, -0.05) is 40.0 Å². The molecule has 1 aromatic rings. The lowest BCUT2D eigenvalue weighted by molar-refractivity contribution is 0.598. The number of hydrogen-bond donors (Lipinski definition) is 1. The molecule has 0 saturated heterocycles. The average molecular weight is 245 g/mol. The molecule has 5 heteroatoms. The molecular weight excluding hydrogens is 229 g/mol. The number of rotatable bonds is 4. The first-order chi connectivity index (χ1) is 7.00. The third kappa shape index (κ3) is 3.00. The first-order valence-electron chi connectivity index (χ1n) is 4.87. The zero-order valence-electron chi connectivity index (χ0n) is 8.97. The smallest absolute Gasteiger partial charge is 0.225 e. The Hall–Kier alpha value is -0.440. The SMILES string of the molecule is CCP(CC)c1ccccc1S(N)(=O)=O. The van der Waals surface area contributed by atoms with Crippen LogP contribution >= 0.6 is 7.92 Å². The molecule has 1 rings (SSSR count).